The molecule has 0 saturated carbocycles. The molecule has 0 aromatic heterocycles. The molecule has 0 heterocycles. The van der Waals surface area contributed by atoms with Crippen LogP contribution in [0.2, 0.25) is 0 Å². The van der Waals surface area contributed by atoms with Crippen LogP contribution in [-0.2, 0) is 0 Å². The number of ether oxygens (including phenoxy) is 1. The molecule has 4 heteroatoms. The highest BCUT2D eigenvalue weighted by atomic mass is 16.5. The van der Waals surface area contributed by atoms with Crippen molar-refractivity contribution in [3.05, 3.63) is 54.1 Å². The van der Waals surface area contributed by atoms with E-state index in [1.54, 1.807) is 7.11 Å². The largest absolute Gasteiger partial charge is 0.497 e. The monoisotopic (exact) mass is 293 g/mol. The van der Waals surface area contributed by atoms with E-state index in [4.69, 9.17) is 10.00 Å². The summed E-state index contributed by atoms with van der Waals surface area (Å²) in [6.07, 6.45) is 2.36. The molecule has 112 valence electrons. The second kappa shape index (κ2) is 7.84. The molecule has 0 amide bonds. The van der Waals surface area contributed by atoms with Crippen molar-refractivity contribution >= 4 is 17.6 Å². The lowest BCUT2D eigenvalue weighted by molar-refractivity contribution is 0.415. The first-order valence-electron chi connectivity index (χ1n) is 7.09. The van der Waals surface area contributed by atoms with Gasteiger partial charge in [-0.25, -0.2) is 0 Å². The summed E-state index contributed by atoms with van der Waals surface area (Å²) in [5.74, 6) is 0.823. The van der Waals surface area contributed by atoms with Crippen LogP contribution >= 0.6 is 0 Å². The van der Waals surface area contributed by atoms with Gasteiger partial charge in [-0.05, 0) is 42.0 Å². The normalized spacial score (nSPS) is 10.4. The lowest BCUT2D eigenvalue weighted by Crippen LogP contribution is -2.17. The number of aliphatic imine (C=N–C) groups is 1. The highest BCUT2D eigenvalue weighted by Crippen LogP contribution is 2.18. The maximum absolute atomic E-state index is 8.62. The topological polar surface area (TPSA) is 48.6 Å². The fourth-order valence-corrected chi connectivity index (χ4v) is 1.98. The highest BCUT2D eigenvalue weighted by molar-refractivity contribution is 5.82. The Morgan fingerprint density at radius 2 is 1.82 bits per heavy atom. The minimum Gasteiger partial charge on any atom is -0.497 e. The number of hydrogen-bond donors (Lipinski definition) is 0. The molecule has 2 aromatic rings. The Bertz CT molecular complexity index is 654. The Kier molecular flexibility index (Phi) is 5.56. The summed E-state index contributed by atoms with van der Waals surface area (Å²) in [5, 5.41) is 8.62. The van der Waals surface area contributed by atoms with E-state index in [1.165, 1.54) is 0 Å². The fraction of sp³-hybridized carbons (Fsp3) is 0.222. The first-order valence-corrected chi connectivity index (χ1v) is 7.09. The first kappa shape index (κ1) is 15.6. The van der Waals surface area contributed by atoms with E-state index in [0.717, 1.165) is 29.2 Å². The van der Waals surface area contributed by atoms with E-state index in [2.05, 4.69) is 16.0 Å². The Morgan fingerprint density at radius 3 is 2.41 bits per heavy atom. The summed E-state index contributed by atoms with van der Waals surface area (Å²) in [6.45, 7) is 0.732. The van der Waals surface area contributed by atoms with Gasteiger partial charge in [0, 0.05) is 25.5 Å². The number of benzene rings is 2. The molecule has 2 rings (SSSR count). The van der Waals surface area contributed by atoms with Gasteiger partial charge in [0.1, 0.15) is 5.75 Å². The first-order chi connectivity index (χ1) is 10.7. The molecule has 0 fully saturated rings. The van der Waals surface area contributed by atoms with E-state index in [-0.39, 0.29) is 0 Å². The number of hydrogen-bond acceptors (Lipinski definition) is 4. The van der Waals surface area contributed by atoms with Crippen molar-refractivity contribution in [1.82, 2.24) is 0 Å². The summed E-state index contributed by atoms with van der Waals surface area (Å²) in [7, 11) is 3.63. The van der Waals surface area contributed by atoms with Crippen LogP contribution in [0.1, 0.15) is 12.0 Å². The molecular weight excluding hydrogens is 274 g/mol. The van der Waals surface area contributed by atoms with E-state index in [1.807, 2.05) is 61.8 Å². The SMILES string of the molecule is COc1ccc(N=Cc2ccc(N(C)CCC#N)cc2)cc1. The molecule has 0 N–H and O–H groups in total. The number of nitriles is 1. The standard InChI is InChI=1S/C18H19N3O/c1-21(13-3-12-19)17-8-4-15(5-9-17)14-20-16-6-10-18(22-2)11-7-16/h4-11,14H,3,13H2,1-2H3. The number of anilines is 1. The van der Waals surface area contributed by atoms with Crippen molar-refractivity contribution in [2.45, 2.75) is 6.42 Å². The minimum atomic E-state index is 0.525. The van der Waals surface area contributed by atoms with Crippen LogP contribution in [0.25, 0.3) is 0 Å². The lowest BCUT2D eigenvalue weighted by Gasteiger charge is -2.17. The van der Waals surface area contributed by atoms with Gasteiger partial charge >= 0.3 is 0 Å². The molecule has 0 spiro atoms. The van der Waals surface area contributed by atoms with Crippen LogP contribution in [0.4, 0.5) is 11.4 Å². The van der Waals surface area contributed by atoms with Crippen molar-refractivity contribution in [3.63, 3.8) is 0 Å². The average molecular weight is 293 g/mol. The van der Waals surface area contributed by atoms with Gasteiger partial charge in [0.15, 0.2) is 0 Å². The van der Waals surface area contributed by atoms with Gasteiger partial charge in [-0.15, -0.1) is 0 Å². The zero-order valence-electron chi connectivity index (χ0n) is 12.9. The average Bonchev–Trinajstić information content (AvgIpc) is 2.58. The number of rotatable bonds is 6. The summed E-state index contributed by atoms with van der Waals surface area (Å²) >= 11 is 0. The molecule has 0 unspecified atom stereocenters. The molecule has 0 aliphatic rings. The molecule has 0 atom stereocenters. The van der Waals surface area contributed by atoms with Crippen molar-refractivity contribution in [2.24, 2.45) is 4.99 Å². The van der Waals surface area contributed by atoms with Crippen molar-refractivity contribution in [2.75, 3.05) is 25.6 Å². The third-order valence-electron chi connectivity index (χ3n) is 3.33. The Morgan fingerprint density at radius 1 is 1.14 bits per heavy atom. The van der Waals surface area contributed by atoms with E-state index in [9.17, 15) is 0 Å². The predicted molar refractivity (Wildman–Crippen MR) is 90.2 cm³/mol. The Balaban J connectivity index is 2.01. The second-order valence-electron chi connectivity index (χ2n) is 4.88. The third kappa shape index (κ3) is 4.35. The predicted octanol–water partition coefficient (Wildman–Crippen LogP) is 3.80. The van der Waals surface area contributed by atoms with E-state index < -0.39 is 0 Å². The van der Waals surface area contributed by atoms with Crippen molar-refractivity contribution < 1.29 is 4.74 Å². The molecule has 4 nitrogen and oxygen atoms in total. The summed E-state index contributed by atoms with van der Waals surface area (Å²) in [6, 6.07) is 17.9. The second-order valence-corrected chi connectivity index (χ2v) is 4.88. The minimum absolute atomic E-state index is 0.525. The molecular formula is C18H19N3O. The maximum Gasteiger partial charge on any atom is 0.119 e. The highest BCUT2D eigenvalue weighted by Gasteiger charge is 1.99. The molecule has 2 aromatic carbocycles. The van der Waals surface area contributed by atoms with Crippen LogP contribution in [0, 0.1) is 11.3 Å². The third-order valence-corrected chi connectivity index (χ3v) is 3.33. The number of nitrogens with zero attached hydrogens (tertiary/aromatic N) is 3. The molecule has 0 saturated heterocycles. The maximum atomic E-state index is 8.62. The van der Waals surface area contributed by atoms with Gasteiger partial charge in [0.25, 0.3) is 0 Å². The van der Waals surface area contributed by atoms with Gasteiger partial charge in [-0.3, -0.25) is 4.99 Å². The fourth-order valence-electron chi connectivity index (χ4n) is 1.98. The zero-order chi connectivity index (χ0) is 15.8. The van der Waals surface area contributed by atoms with Gasteiger partial charge in [0.2, 0.25) is 0 Å². The lowest BCUT2D eigenvalue weighted by atomic mass is 10.2. The smallest absolute Gasteiger partial charge is 0.119 e. The van der Waals surface area contributed by atoms with E-state index in [0.29, 0.717) is 6.42 Å². The van der Waals surface area contributed by atoms with Crippen LogP contribution < -0.4 is 9.64 Å². The quantitative estimate of drug-likeness (QED) is 0.761. The molecule has 0 aliphatic carbocycles. The van der Waals surface area contributed by atoms with Crippen molar-refractivity contribution in [3.8, 4) is 11.8 Å². The van der Waals surface area contributed by atoms with Gasteiger partial charge in [-0.2, -0.15) is 5.26 Å². The van der Waals surface area contributed by atoms with E-state index >= 15 is 0 Å². The molecule has 0 aliphatic heterocycles. The van der Waals surface area contributed by atoms with Crippen LogP contribution in [0.5, 0.6) is 5.75 Å². The Hall–Kier alpha value is -2.80. The van der Waals surface area contributed by atoms with Gasteiger partial charge in [-0.1, -0.05) is 12.1 Å². The molecule has 22 heavy (non-hydrogen) atoms. The summed E-state index contributed by atoms with van der Waals surface area (Å²) in [4.78, 5) is 6.50. The molecule has 0 radical (unpaired) electrons. The summed E-state index contributed by atoms with van der Waals surface area (Å²) < 4.78 is 5.12. The zero-order valence-corrected chi connectivity index (χ0v) is 12.9. The molecule has 0 bridgehead atoms. The van der Waals surface area contributed by atoms with Crippen LogP contribution in [0.15, 0.2) is 53.5 Å². The van der Waals surface area contributed by atoms with Crippen molar-refractivity contribution in [1.29, 1.82) is 5.26 Å². The van der Waals surface area contributed by atoms with Crippen LogP contribution in [-0.4, -0.2) is 26.9 Å². The van der Waals surface area contributed by atoms with Crippen LogP contribution in [0.3, 0.4) is 0 Å². The van der Waals surface area contributed by atoms with Gasteiger partial charge < -0.3 is 9.64 Å². The Labute approximate surface area is 131 Å². The number of methoxy groups -OCH3 is 1. The van der Waals surface area contributed by atoms with Gasteiger partial charge in [0.05, 0.1) is 25.3 Å². The summed E-state index contributed by atoms with van der Waals surface area (Å²) in [5.41, 5.74) is 3.01.